The average Bonchev–Trinajstić information content (AvgIpc) is 2.52. The largest absolute Gasteiger partial charge is 0.491 e. The second kappa shape index (κ2) is 7.64. The SMILES string of the molecule is N#Cc1ccc(OCC(O)COc2ccc(F)cc2Cl)cc1. The highest BCUT2D eigenvalue weighted by Gasteiger charge is 2.09. The number of benzene rings is 2. The molecule has 0 aliphatic rings. The number of ether oxygens (including phenoxy) is 2. The molecule has 0 saturated carbocycles. The number of nitrogens with zero attached hydrogens (tertiary/aromatic N) is 1. The van der Waals surface area contributed by atoms with Gasteiger partial charge in [0.25, 0.3) is 0 Å². The molecule has 1 unspecified atom stereocenters. The van der Waals surface area contributed by atoms with E-state index < -0.39 is 11.9 Å². The van der Waals surface area contributed by atoms with E-state index in [-0.39, 0.29) is 18.2 Å². The van der Waals surface area contributed by atoms with E-state index in [1.807, 2.05) is 6.07 Å². The Labute approximate surface area is 132 Å². The Morgan fingerprint density at radius 3 is 2.45 bits per heavy atom. The number of nitriles is 1. The fourth-order valence-electron chi connectivity index (χ4n) is 1.64. The third kappa shape index (κ3) is 4.62. The van der Waals surface area contributed by atoms with Crippen LogP contribution in [0.3, 0.4) is 0 Å². The molecular weight excluding hydrogens is 309 g/mol. The minimum Gasteiger partial charge on any atom is -0.491 e. The van der Waals surface area contributed by atoms with Crippen LogP contribution in [0.2, 0.25) is 5.02 Å². The molecule has 4 nitrogen and oxygen atoms in total. The van der Waals surface area contributed by atoms with Crippen molar-refractivity contribution in [3.8, 4) is 17.6 Å². The first-order valence-corrected chi connectivity index (χ1v) is 6.85. The van der Waals surface area contributed by atoms with E-state index in [1.165, 1.54) is 12.1 Å². The van der Waals surface area contributed by atoms with Gasteiger partial charge in [0.1, 0.15) is 36.6 Å². The Kier molecular flexibility index (Phi) is 5.59. The van der Waals surface area contributed by atoms with Gasteiger partial charge in [0, 0.05) is 0 Å². The van der Waals surface area contributed by atoms with Crippen LogP contribution >= 0.6 is 11.6 Å². The first-order valence-electron chi connectivity index (χ1n) is 6.47. The molecule has 0 saturated heterocycles. The lowest BCUT2D eigenvalue weighted by atomic mass is 10.2. The van der Waals surface area contributed by atoms with Crippen LogP contribution in [0, 0.1) is 17.1 Å². The third-order valence-electron chi connectivity index (χ3n) is 2.75. The average molecular weight is 322 g/mol. The Balaban J connectivity index is 1.80. The van der Waals surface area contributed by atoms with E-state index in [1.54, 1.807) is 24.3 Å². The van der Waals surface area contributed by atoms with Crippen LogP contribution in [-0.2, 0) is 0 Å². The van der Waals surface area contributed by atoms with Crippen LogP contribution in [0.25, 0.3) is 0 Å². The molecule has 0 radical (unpaired) electrons. The molecule has 0 aliphatic carbocycles. The summed E-state index contributed by atoms with van der Waals surface area (Å²) in [5.41, 5.74) is 0.530. The normalized spacial score (nSPS) is 11.5. The Bertz CT molecular complexity index is 670. The molecule has 0 aromatic heterocycles. The van der Waals surface area contributed by atoms with Gasteiger partial charge in [-0.15, -0.1) is 0 Å². The summed E-state index contributed by atoms with van der Waals surface area (Å²) in [6, 6.07) is 12.3. The molecule has 2 aromatic carbocycles. The topological polar surface area (TPSA) is 62.5 Å². The summed E-state index contributed by atoms with van der Waals surface area (Å²) in [5, 5.41) is 18.6. The Morgan fingerprint density at radius 2 is 1.82 bits per heavy atom. The van der Waals surface area contributed by atoms with Crippen LogP contribution in [0.4, 0.5) is 4.39 Å². The maximum atomic E-state index is 12.9. The quantitative estimate of drug-likeness (QED) is 0.887. The zero-order valence-corrected chi connectivity index (χ0v) is 12.3. The minimum absolute atomic E-state index is 0.0186. The standard InChI is InChI=1S/C16H13ClFNO3/c17-15-7-12(18)3-6-16(15)22-10-13(20)9-21-14-4-1-11(8-19)2-5-14/h1-7,13,20H,9-10H2. The van der Waals surface area contributed by atoms with Crippen molar-refractivity contribution >= 4 is 11.6 Å². The second-order valence-corrected chi connectivity index (χ2v) is 4.89. The van der Waals surface area contributed by atoms with Crippen LogP contribution in [0.5, 0.6) is 11.5 Å². The molecule has 0 heterocycles. The van der Waals surface area contributed by atoms with Crippen molar-refractivity contribution in [1.82, 2.24) is 0 Å². The van der Waals surface area contributed by atoms with Gasteiger partial charge in [-0.25, -0.2) is 4.39 Å². The van der Waals surface area contributed by atoms with Gasteiger partial charge in [-0.1, -0.05) is 11.6 Å². The van der Waals surface area contributed by atoms with Crippen molar-refractivity contribution in [1.29, 1.82) is 5.26 Å². The molecule has 22 heavy (non-hydrogen) atoms. The molecule has 114 valence electrons. The van der Waals surface area contributed by atoms with E-state index >= 15 is 0 Å². The van der Waals surface area contributed by atoms with Crippen LogP contribution in [-0.4, -0.2) is 24.4 Å². The van der Waals surface area contributed by atoms with Crippen molar-refractivity contribution < 1.29 is 19.0 Å². The first-order chi connectivity index (χ1) is 10.6. The molecule has 0 spiro atoms. The molecule has 0 fully saturated rings. The highest BCUT2D eigenvalue weighted by molar-refractivity contribution is 6.32. The van der Waals surface area contributed by atoms with Crippen molar-refractivity contribution in [3.05, 3.63) is 58.9 Å². The van der Waals surface area contributed by atoms with E-state index in [0.29, 0.717) is 17.1 Å². The molecule has 2 aromatic rings. The third-order valence-corrected chi connectivity index (χ3v) is 3.05. The molecule has 2 rings (SSSR count). The Hall–Kier alpha value is -2.29. The number of aliphatic hydroxyl groups excluding tert-OH is 1. The summed E-state index contributed by atoms with van der Waals surface area (Å²) in [6.45, 7) is -0.0215. The van der Waals surface area contributed by atoms with Crippen LogP contribution < -0.4 is 9.47 Å². The molecular formula is C16H13ClFNO3. The van der Waals surface area contributed by atoms with Gasteiger partial charge >= 0.3 is 0 Å². The van der Waals surface area contributed by atoms with Crippen LogP contribution in [0.1, 0.15) is 5.56 Å². The predicted molar refractivity (Wildman–Crippen MR) is 79.6 cm³/mol. The summed E-state index contributed by atoms with van der Waals surface area (Å²) in [7, 11) is 0. The second-order valence-electron chi connectivity index (χ2n) is 4.49. The van der Waals surface area contributed by atoms with Crippen LogP contribution in [0.15, 0.2) is 42.5 Å². The van der Waals surface area contributed by atoms with E-state index in [0.717, 1.165) is 6.07 Å². The van der Waals surface area contributed by atoms with Gasteiger partial charge < -0.3 is 14.6 Å². The van der Waals surface area contributed by atoms with Gasteiger partial charge in [0.15, 0.2) is 0 Å². The fraction of sp³-hybridized carbons (Fsp3) is 0.188. The highest BCUT2D eigenvalue weighted by Crippen LogP contribution is 2.24. The summed E-state index contributed by atoms with van der Waals surface area (Å²) in [6.07, 6.45) is -0.878. The smallest absolute Gasteiger partial charge is 0.138 e. The summed E-state index contributed by atoms with van der Waals surface area (Å²) in [4.78, 5) is 0. The fourth-order valence-corrected chi connectivity index (χ4v) is 1.87. The molecule has 0 aliphatic heterocycles. The maximum absolute atomic E-state index is 12.9. The maximum Gasteiger partial charge on any atom is 0.138 e. The summed E-state index contributed by atoms with van der Waals surface area (Å²) in [5.74, 6) is 0.375. The lowest BCUT2D eigenvalue weighted by Gasteiger charge is -2.14. The van der Waals surface area contributed by atoms with Gasteiger partial charge in [-0.3, -0.25) is 0 Å². The van der Waals surface area contributed by atoms with Gasteiger partial charge in [0.05, 0.1) is 16.7 Å². The van der Waals surface area contributed by atoms with Gasteiger partial charge in [-0.2, -0.15) is 5.26 Å². The zero-order chi connectivity index (χ0) is 15.9. The van der Waals surface area contributed by atoms with Gasteiger partial charge in [0.2, 0.25) is 0 Å². The van der Waals surface area contributed by atoms with Crippen molar-refractivity contribution in [2.24, 2.45) is 0 Å². The predicted octanol–water partition coefficient (Wildman–Crippen LogP) is 3.17. The summed E-state index contributed by atoms with van der Waals surface area (Å²) < 4.78 is 23.6. The molecule has 1 atom stereocenters. The number of hydrogen-bond donors (Lipinski definition) is 1. The monoisotopic (exact) mass is 321 g/mol. The van der Waals surface area contributed by atoms with E-state index in [4.69, 9.17) is 26.3 Å². The van der Waals surface area contributed by atoms with Gasteiger partial charge in [-0.05, 0) is 42.5 Å². The van der Waals surface area contributed by atoms with Crippen molar-refractivity contribution in [2.75, 3.05) is 13.2 Å². The lowest BCUT2D eigenvalue weighted by molar-refractivity contribution is 0.0626. The minimum atomic E-state index is -0.878. The molecule has 0 amide bonds. The van der Waals surface area contributed by atoms with Crippen molar-refractivity contribution in [2.45, 2.75) is 6.10 Å². The number of rotatable bonds is 6. The Morgan fingerprint density at radius 1 is 1.14 bits per heavy atom. The summed E-state index contributed by atoms with van der Waals surface area (Å²) >= 11 is 5.81. The van der Waals surface area contributed by atoms with E-state index in [2.05, 4.69) is 0 Å². The molecule has 1 N–H and O–H groups in total. The number of hydrogen-bond acceptors (Lipinski definition) is 4. The first kappa shape index (κ1) is 16.1. The van der Waals surface area contributed by atoms with E-state index in [9.17, 15) is 9.50 Å². The molecule has 0 bridgehead atoms. The lowest BCUT2D eigenvalue weighted by Crippen LogP contribution is -2.25. The number of halogens is 2. The number of aliphatic hydroxyl groups is 1. The van der Waals surface area contributed by atoms with Crippen molar-refractivity contribution in [3.63, 3.8) is 0 Å². The zero-order valence-electron chi connectivity index (χ0n) is 11.5. The highest BCUT2D eigenvalue weighted by atomic mass is 35.5. The molecule has 6 heteroatoms.